The standard InChI is InChI=1S/C21H31N3O2S2/c1-2-3-4-5-8-24(10-9-23-11-13-26-14-12-23)20(25)16-18-17-28-21(22-18)19-7-6-15-27-19/h6-7,15,17H,2-5,8-14,16H2,1H3. The molecule has 7 heteroatoms. The molecular formula is C21H31N3O2S2. The van der Waals surface area contributed by atoms with Crippen molar-refractivity contribution in [3.05, 3.63) is 28.6 Å². The van der Waals surface area contributed by atoms with Crippen LogP contribution in [-0.2, 0) is 16.0 Å². The van der Waals surface area contributed by atoms with Gasteiger partial charge in [0.1, 0.15) is 5.01 Å². The summed E-state index contributed by atoms with van der Waals surface area (Å²) in [6, 6.07) is 4.12. The summed E-state index contributed by atoms with van der Waals surface area (Å²) in [6.45, 7) is 8.33. The monoisotopic (exact) mass is 421 g/mol. The predicted molar refractivity (Wildman–Crippen MR) is 117 cm³/mol. The first-order valence-corrected chi connectivity index (χ1v) is 12.1. The number of thiophene rings is 1. The maximum absolute atomic E-state index is 13.0. The molecule has 0 atom stereocenters. The number of ether oxygens (including phenoxy) is 1. The summed E-state index contributed by atoms with van der Waals surface area (Å²) in [6.07, 6.45) is 5.13. The topological polar surface area (TPSA) is 45.7 Å². The first-order chi connectivity index (χ1) is 13.8. The van der Waals surface area contributed by atoms with Gasteiger partial charge in [-0.3, -0.25) is 9.69 Å². The summed E-state index contributed by atoms with van der Waals surface area (Å²) < 4.78 is 5.43. The van der Waals surface area contributed by atoms with Gasteiger partial charge in [-0.1, -0.05) is 32.3 Å². The second kappa shape index (κ2) is 11.7. The van der Waals surface area contributed by atoms with E-state index >= 15 is 0 Å². The van der Waals surface area contributed by atoms with E-state index in [9.17, 15) is 4.79 Å². The maximum Gasteiger partial charge on any atom is 0.228 e. The van der Waals surface area contributed by atoms with E-state index in [2.05, 4.69) is 33.2 Å². The van der Waals surface area contributed by atoms with Crippen molar-refractivity contribution < 1.29 is 9.53 Å². The van der Waals surface area contributed by atoms with Crippen molar-refractivity contribution in [1.29, 1.82) is 0 Å². The third-order valence-corrected chi connectivity index (χ3v) is 6.97. The zero-order valence-corrected chi connectivity index (χ0v) is 18.4. The van der Waals surface area contributed by atoms with Gasteiger partial charge in [-0.15, -0.1) is 22.7 Å². The normalized spacial score (nSPS) is 15.0. The zero-order chi connectivity index (χ0) is 19.6. The van der Waals surface area contributed by atoms with Crippen LogP contribution in [0.25, 0.3) is 9.88 Å². The smallest absolute Gasteiger partial charge is 0.228 e. The molecule has 0 bridgehead atoms. The lowest BCUT2D eigenvalue weighted by Crippen LogP contribution is -2.43. The number of amides is 1. The zero-order valence-electron chi connectivity index (χ0n) is 16.8. The van der Waals surface area contributed by atoms with E-state index < -0.39 is 0 Å². The SMILES string of the molecule is CCCCCCN(CCN1CCOCC1)C(=O)Cc1csc(-c2cccs2)n1. The van der Waals surface area contributed by atoms with Gasteiger partial charge in [0.25, 0.3) is 0 Å². The molecule has 0 saturated carbocycles. The van der Waals surface area contributed by atoms with Gasteiger partial charge >= 0.3 is 0 Å². The van der Waals surface area contributed by atoms with Crippen LogP contribution < -0.4 is 0 Å². The first-order valence-electron chi connectivity index (χ1n) is 10.3. The molecule has 2 aromatic heterocycles. The highest BCUT2D eigenvalue weighted by Gasteiger charge is 2.18. The average Bonchev–Trinajstić information content (AvgIpc) is 3.40. The van der Waals surface area contributed by atoms with Crippen molar-refractivity contribution in [2.75, 3.05) is 45.9 Å². The first kappa shape index (κ1) is 21.4. The Morgan fingerprint density at radius 2 is 2.07 bits per heavy atom. The molecule has 1 aliphatic rings. The summed E-state index contributed by atoms with van der Waals surface area (Å²) in [5.74, 6) is 0.202. The molecular weight excluding hydrogens is 390 g/mol. The van der Waals surface area contributed by atoms with Crippen molar-refractivity contribution in [3.8, 4) is 9.88 Å². The van der Waals surface area contributed by atoms with Crippen LogP contribution in [-0.4, -0.2) is 66.6 Å². The Hall–Kier alpha value is -1.28. The number of carbonyl (C=O) groups is 1. The summed E-state index contributed by atoms with van der Waals surface area (Å²) in [5.41, 5.74) is 0.892. The van der Waals surface area contributed by atoms with Crippen molar-refractivity contribution >= 4 is 28.6 Å². The molecule has 28 heavy (non-hydrogen) atoms. The third-order valence-electron chi connectivity index (χ3n) is 5.04. The maximum atomic E-state index is 13.0. The molecule has 0 N–H and O–H groups in total. The van der Waals surface area contributed by atoms with Crippen molar-refractivity contribution in [2.24, 2.45) is 0 Å². The van der Waals surface area contributed by atoms with Gasteiger partial charge in [0.05, 0.1) is 30.2 Å². The summed E-state index contributed by atoms with van der Waals surface area (Å²) in [4.78, 5) is 23.3. The van der Waals surface area contributed by atoms with Crippen LogP contribution in [0.15, 0.2) is 22.9 Å². The van der Waals surface area contributed by atoms with Crippen molar-refractivity contribution in [1.82, 2.24) is 14.8 Å². The number of nitrogens with zero attached hydrogens (tertiary/aromatic N) is 3. The Labute approximate surface area is 176 Å². The van der Waals surface area contributed by atoms with Gasteiger partial charge in [-0.05, 0) is 17.9 Å². The Kier molecular flexibility index (Phi) is 8.92. The largest absolute Gasteiger partial charge is 0.379 e. The van der Waals surface area contributed by atoms with Gasteiger partial charge in [0.2, 0.25) is 5.91 Å². The minimum absolute atomic E-state index is 0.202. The quantitative estimate of drug-likeness (QED) is 0.511. The van der Waals surface area contributed by atoms with E-state index in [0.717, 1.165) is 63.1 Å². The summed E-state index contributed by atoms with van der Waals surface area (Å²) >= 11 is 3.32. The lowest BCUT2D eigenvalue weighted by atomic mass is 10.2. The molecule has 1 aliphatic heterocycles. The number of thiazole rings is 1. The number of hydrogen-bond acceptors (Lipinski definition) is 6. The van der Waals surface area contributed by atoms with E-state index in [1.54, 1.807) is 22.7 Å². The second-order valence-corrected chi connectivity index (χ2v) is 9.00. The van der Waals surface area contributed by atoms with Gasteiger partial charge in [-0.2, -0.15) is 0 Å². The van der Waals surface area contributed by atoms with Gasteiger partial charge < -0.3 is 9.64 Å². The highest BCUT2D eigenvalue weighted by Crippen LogP contribution is 2.28. The van der Waals surface area contributed by atoms with Crippen LogP contribution in [0.3, 0.4) is 0 Å². The molecule has 0 aliphatic carbocycles. The number of rotatable bonds is 11. The molecule has 2 aromatic rings. The molecule has 1 fully saturated rings. The summed E-state index contributed by atoms with van der Waals surface area (Å²) in [5, 5.41) is 5.11. The number of morpholine rings is 1. The molecule has 0 unspecified atom stereocenters. The molecule has 1 amide bonds. The average molecular weight is 422 g/mol. The minimum Gasteiger partial charge on any atom is -0.379 e. The van der Waals surface area contributed by atoms with Crippen LogP contribution >= 0.6 is 22.7 Å². The molecule has 3 rings (SSSR count). The van der Waals surface area contributed by atoms with E-state index in [-0.39, 0.29) is 5.91 Å². The Morgan fingerprint density at radius 3 is 2.82 bits per heavy atom. The molecule has 0 spiro atoms. The van der Waals surface area contributed by atoms with Crippen LogP contribution in [0, 0.1) is 0 Å². The van der Waals surface area contributed by atoms with Crippen LogP contribution in [0.1, 0.15) is 38.3 Å². The lowest BCUT2D eigenvalue weighted by molar-refractivity contribution is -0.131. The fourth-order valence-electron chi connectivity index (χ4n) is 3.35. The fraction of sp³-hybridized carbons (Fsp3) is 0.619. The Balaban J connectivity index is 1.54. The second-order valence-electron chi connectivity index (χ2n) is 7.19. The van der Waals surface area contributed by atoms with E-state index in [0.29, 0.717) is 6.42 Å². The Bertz CT molecular complexity index is 696. The molecule has 0 aromatic carbocycles. The lowest BCUT2D eigenvalue weighted by Gasteiger charge is -2.30. The van der Waals surface area contributed by atoms with Gasteiger partial charge in [0.15, 0.2) is 0 Å². The van der Waals surface area contributed by atoms with E-state index in [4.69, 9.17) is 4.74 Å². The van der Waals surface area contributed by atoms with Crippen LogP contribution in [0.5, 0.6) is 0 Å². The highest BCUT2D eigenvalue weighted by atomic mass is 32.1. The minimum atomic E-state index is 0.202. The van der Waals surface area contributed by atoms with Gasteiger partial charge in [-0.25, -0.2) is 4.98 Å². The number of carbonyl (C=O) groups excluding carboxylic acids is 1. The van der Waals surface area contributed by atoms with Crippen LogP contribution in [0.2, 0.25) is 0 Å². The van der Waals surface area contributed by atoms with Gasteiger partial charge in [0, 0.05) is 38.1 Å². The predicted octanol–water partition coefficient (Wildman–Crippen LogP) is 4.16. The highest BCUT2D eigenvalue weighted by molar-refractivity contribution is 7.20. The van der Waals surface area contributed by atoms with Crippen molar-refractivity contribution in [3.63, 3.8) is 0 Å². The van der Waals surface area contributed by atoms with Crippen molar-refractivity contribution in [2.45, 2.75) is 39.0 Å². The van der Waals surface area contributed by atoms with E-state index in [1.165, 1.54) is 24.1 Å². The molecule has 1 saturated heterocycles. The summed E-state index contributed by atoms with van der Waals surface area (Å²) in [7, 11) is 0. The molecule has 3 heterocycles. The Morgan fingerprint density at radius 1 is 1.21 bits per heavy atom. The number of unbranched alkanes of at least 4 members (excludes halogenated alkanes) is 3. The molecule has 5 nitrogen and oxygen atoms in total. The number of aromatic nitrogens is 1. The number of hydrogen-bond donors (Lipinski definition) is 0. The third kappa shape index (κ3) is 6.65. The molecule has 0 radical (unpaired) electrons. The molecule has 154 valence electrons. The van der Waals surface area contributed by atoms with Crippen LogP contribution in [0.4, 0.5) is 0 Å². The van der Waals surface area contributed by atoms with E-state index in [1.807, 2.05) is 11.4 Å². The fourth-order valence-corrected chi connectivity index (χ4v) is 4.98.